The molecule has 0 unspecified atom stereocenters. The molecule has 0 radical (unpaired) electrons. The van der Waals surface area contributed by atoms with Crippen LogP contribution in [0.1, 0.15) is 27.4 Å². The molecule has 1 aromatic carbocycles. The summed E-state index contributed by atoms with van der Waals surface area (Å²) < 4.78 is 9.45. The molecule has 1 aliphatic heterocycles. The Morgan fingerprint density at radius 2 is 1.79 bits per heavy atom. The van der Waals surface area contributed by atoms with Gasteiger partial charge >= 0.3 is 0 Å². The van der Waals surface area contributed by atoms with Crippen LogP contribution in [-0.4, -0.2) is 62.9 Å². The van der Waals surface area contributed by atoms with Crippen molar-refractivity contribution in [2.45, 2.75) is 20.4 Å². The standard InChI is InChI=1S/C26H29N5O2/c1-19-16-24(20(2)31(19)22-7-9-23(33-3)10-8-22)26(32)29-14-12-28(13-15-29)17-21-18-30-11-5-4-6-25(30)27-21/h4-11,16,18H,12-15,17H2,1-3H3. The number of hydrogen-bond donors (Lipinski definition) is 0. The maximum Gasteiger partial charge on any atom is 0.255 e. The molecule has 0 N–H and O–H groups in total. The zero-order valence-corrected chi connectivity index (χ0v) is 19.4. The van der Waals surface area contributed by atoms with Gasteiger partial charge in [0, 0.05) is 62.2 Å². The second kappa shape index (κ2) is 8.75. The Morgan fingerprint density at radius 1 is 1.03 bits per heavy atom. The number of ether oxygens (including phenoxy) is 1. The molecule has 0 atom stereocenters. The van der Waals surface area contributed by atoms with Gasteiger partial charge in [0.15, 0.2) is 0 Å². The number of nitrogens with zero attached hydrogens (tertiary/aromatic N) is 5. The minimum absolute atomic E-state index is 0.107. The summed E-state index contributed by atoms with van der Waals surface area (Å²) in [5.41, 5.74) is 5.85. The number of fused-ring (bicyclic) bond motifs is 1. The number of hydrogen-bond acceptors (Lipinski definition) is 4. The van der Waals surface area contributed by atoms with E-state index in [-0.39, 0.29) is 5.91 Å². The Balaban J connectivity index is 1.26. The molecule has 170 valence electrons. The number of pyridine rings is 1. The van der Waals surface area contributed by atoms with Gasteiger partial charge in [-0.05, 0) is 56.3 Å². The van der Waals surface area contributed by atoms with Crippen molar-refractivity contribution in [3.63, 3.8) is 0 Å². The Bertz CT molecular complexity index is 1250. The molecule has 1 amide bonds. The van der Waals surface area contributed by atoms with Gasteiger partial charge in [-0.1, -0.05) is 6.07 Å². The van der Waals surface area contributed by atoms with E-state index in [1.165, 1.54) is 0 Å². The van der Waals surface area contributed by atoms with E-state index in [2.05, 4.69) is 15.7 Å². The summed E-state index contributed by atoms with van der Waals surface area (Å²) in [5.74, 6) is 0.925. The highest BCUT2D eigenvalue weighted by molar-refractivity contribution is 5.96. The summed E-state index contributed by atoms with van der Waals surface area (Å²) in [6, 6.07) is 16.0. The lowest BCUT2D eigenvalue weighted by Gasteiger charge is -2.34. The van der Waals surface area contributed by atoms with Crippen LogP contribution in [0.5, 0.6) is 5.75 Å². The zero-order valence-electron chi connectivity index (χ0n) is 19.4. The highest BCUT2D eigenvalue weighted by Crippen LogP contribution is 2.24. The van der Waals surface area contributed by atoms with Gasteiger partial charge in [-0.3, -0.25) is 9.69 Å². The number of methoxy groups -OCH3 is 1. The minimum atomic E-state index is 0.107. The first kappa shape index (κ1) is 21.3. The van der Waals surface area contributed by atoms with Gasteiger partial charge in [-0.15, -0.1) is 0 Å². The predicted molar refractivity (Wildman–Crippen MR) is 128 cm³/mol. The number of carbonyl (C=O) groups excluding carboxylic acids is 1. The first-order valence-corrected chi connectivity index (χ1v) is 11.3. The predicted octanol–water partition coefficient (Wildman–Crippen LogP) is 3.71. The Hall–Kier alpha value is -3.58. The largest absolute Gasteiger partial charge is 0.497 e. The van der Waals surface area contributed by atoms with Crippen LogP contribution in [-0.2, 0) is 6.54 Å². The first-order chi connectivity index (χ1) is 16.0. The van der Waals surface area contributed by atoms with E-state index in [0.29, 0.717) is 0 Å². The molecule has 4 aromatic rings. The zero-order chi connectivity index (χ0) is 22.9. The van der Waals surface area contributed by atoms with Gasteiger partial charge in [-0.25, -0.2) is 4.98 Å². The quantitative estimate of drug-likeness (QED) is 0.472. The fraction of sp³-hybridized carbons (Fsp3) is 0.308. The van der Waals surface area contributed by atoms with Gasteiger partial charge in [0.05, 0.1) is 18.4 Å². The van der Waals surface area contributed by atoms with Gasteiger partial charge < -0.3 is 18.6 Å². The molecule has 4 heterocycles. The average molecular weight is 444 g/mol. The summed E-state index contributed by atoms with van der Waals surface area (Å²) in [6.07, 6.45) is 4.10. The lowest BCUT2D eigenvalue weighted by Crippen LogP contribution is -2.48. The Labute approximate surface area is 193 Å². The van der Waals surface area contributed by atoms with Crippen LogP contribution in [0.15, 0.2) is 60.9 Å². The molecular weight excluding hydrogens is 414 g/mol. The van der Waals surface area contributed by atoms with Gasteiger partial charge in [0.1, 0.15) is 11.4 Å². The van der Waals surface area contributed by atoms with Crippen molar-refractivity contribution in [2.75, 3.05) is 33.3 Å². The number of imidazole rings is 1. The van der Waals surface area contributed by atoms with Crippen molar-refractivity contribution in [1.29, 1.82) is 0 Å². The van der Waals surface area contributed by atoms with E-state index >= 15 is 0 Å². The number of aryl methyl sites for hydroxylation is 1. The minimum Gasteiger partial charge on any atom is -0.497 e. The number of piperazine rings is 1. The molecule has 1 saturated heterocycles. The molecule has 0 spiro atoms. The summed E-state index contributed by atoms with van der Waals surface area (Å²) in [4.78, 5) is 22.4. The SMILES string of the molecule is COc1ccc(-n2c(C)cc(C(=O)N3CCN(Cc4cn5ccccc5n4)CC3)c2C)cc1. The van der Waals surface area contributed by atoms with Gasteiger partial charge in [-0.2, -0.15) is 0 Å². The van der Waals surface area contributed by atoms with Crippen LogP contribution in [0.3, 0.4) is 0 Å². The molecule has 1 fully saturated rings. The van der Waals surface area contributed by atoms with Crippen molar-refractivity contribution in [3.05, 3.63) is 83.6 Å². The summed E-state index contributed by atoms with van der Waals surface area (Å²) >= 11 is 0. The third kappa shape index (κ3) is 4.12. The summed E-state index contributed by atoms with van der Waals surface area (Å²) in [7, 11) is 1.66. The van der Waals surface area contributed by atoms with Crippen LogP contribution in [0.2, 0.25) is 0 Å². The van der Waals surface area contributed by atoms with E-state index in [0.717, 1.165) is 72.5 Å². The highest BCUT2D eigenvalue weighted by atomic mass is 16.5. The second-order valence-electron chi connectivity index (χ2n) is 8.58. The van der Waals surface area contributed by atoms with E-state index in [4.69, 9.17) is 9.72 Å². The fourth-order valence-corrected chi connectivity index (χ4v) is 4.68. The van der Waals surface area contributed by atoms with Crippen molar-refractivity contribution < 1.29 is 9.53 Å². The molecule has 0 saturated carbocycles. The lowest BCUT2D eigenvalue weighted by atomic mass is 10.2. The van der Waals surface area contributed by atoms with Crippen molar-refractivity contribution >= 4 is 11.6 Å². The maximum atomic E-state index is 13.4. The van der Waals surface area contributed by atoms with Crippen molar-refractivity contribution in [2.24, 2.45) is 0 Å². The summed E-state index contributed by atoms with van der Waals surface area (Å²) in [5, 5.41) is 0. The van der Waals surface area contributed by atoms with Gasteiger partial charge in [0.2, 0.25) is 0 Å². The number of aromatic nitrogens is 3. The molecule has 0 aliphatic carbocycles. The highest BCUT2D eigenvalue weighted by Gasteiger charge is 2.26. The molecule has 3 aromatic heterocycles. The smallest absolute Gasteiger partial charge is 0.255 e. The lowest BCUT2D eigenvalue weighted by molar-refractivity contribution is 0.0626. The normalized spacial score (nSPS) is 14.7. The molecule has 7 heteroatoms. The monoisotopic (exact) mass is 443 g/mol. The summed E-state index contributed by atoms with van der Waals surface area (Å²) in [6.45, 7) is 7.99. The molecule has 33 heavy (non-hydrogen) atoms. The third-order valence-electron chi connectivity index (χ3n) is 6.45. The van der Waals surface area contributed by atoms with Gasteiger partial charge in [0.25, 0.3) is 5.91 Å². The molecule has 0 bridgehead atoms. The van der Waals surface area contributed by atoms with Crippen LogP contribution in [0.4, 0.5) is 0 Å². The van der Waals surface area contributed by atoms with Crippen LogP contribution >= 0.6 is 0 Å². The molecule has 7 nitrogen and oxygen atoms in total. The molecular formula is C26H29N5O2. The molecule has 5 rings (SSSR count). The van der Waals surface area contributed by atoms with E-state index in [1.54, 1.807) is 7.11 Å². The number of carbonyl (C=O) groups is 1. The van der Waals surface area contributed by atoms with Crippen molar-refractivity contribution in [3.8, 4) is 11.4 Å². The molecule has 1 aliphatic rings. The number of amides is 1. The van der Waals surface area contributed by atoms with E-state index in [1.807, 2.05) is 77.9 Å². The van der Waals surface area contributed by atoms with Crippen LogP contribution < -0.4 is 4.74 Å². The third-order valence-corrected chi connectivity index (χ3v) is 6.45. The van der Waals surface area contributed by atoms with Crippen LogP contribution in [0.25, 0.3) is 11.3 Å². The van der Waals surface area contributed by atoms with Crippen molar-refractivity contribution in [1.82, 2.24) is 23.8 Å². The topological polar surface area (TPSA) is 55.0 Å². The fourth-order valence-electron chi connectivity index (χ4n) is 4.68. The second-order valence-corrected chi connectivity index (χ2v) is 8.58. The number of rotatable bonds is 5. The Morgan fingerprint density at radius 3 is 2.48 bits per heavy atom. The average Bonchev–Trinajstić information content (AvgIpc) is 3.38. The first-order valence-electron chi connectivity index (χ1n) is 11.3. The van der Waals surface area contributed by atoms with E-state index < -0.39 is 0 Å². The maximum absolute atomic E-state index is 13.4. The van der Waals surface area contributed by atoms with E-state index in [9.17, 15) is 4.79 Å². The number of benzene rings is 1. The van der Waals surface area contributed by atoms with Crippen LogP contribution in [0, 0.1) is 13.8 Å². The Kier molecular flexibility index (Phi) is 5.64.